The molecular weight excluding hydrogens is 400 g/mol. The van der Waals surface area contributed by atoms with Gasteiger partial charge in [-0.15, -0.1) is 0 Å². The van der Waals surface area contributed by atoms with Crippen LogP contribution in [0.25, 0.3) is 0 Å². The molecule has 92 valence electrons. The molecule has 1 aliphatic heterocycles. The molecule has 2 nitrogen and oxygen atoms in total. The second-order valence-electron chi connectivity index (χ2n) is 4.18. The SMILES string of the molecule is O=C(c1ccc(F)cc1I)N1CCC(CBr)C1. The van der Waals surface area contributed by atoms with Crippen molar-refractivity contribution in [2.45, 2.75) is 6.42 Å². The molecule has 1 amide bonds. The van der Waals surface area contributed by atoms with E-state index in [-0.39, 0.29) is 11.7 Å². The van der Waals surface area contributed by atoms with E-state index in [0.717, 1.165) is 24.8 Å². The molecule has 1 saturated heterocycles. The van der Waals surface area contributed by atoms with Crippen LogP contribution in [-0.4, -0.2) is 29.2 Å². The van der Waals surface area contributed by atoms with E-state index in [9.17, 15) is 9.18 Å². The topological polar surface area (TPSA) is 20.3 Å². The highest BCUT2D eigenvalue weighted by molar-refractivity contribution is 14.1. The zero-order valence-electron chi connectivity index (χ0n) is 9.13. The van der Waals surface area contributed by atoms with Gasteiger partial charge in [-0.3, -0.25) is 4.79 Å². The Labute approximate surface area is 122 Å². The van der Waals surface area contributed by atoms with Crippen LogP contribution in [0, 0.1) is 15.3 Å². The number of alkyl halides is 1. The predicted molar refractivity (Wildman–Crippen MR) is 76.9 cm³/mol. The summed E-state index contributed by atoms with van der Waals surface area (Å²) in [6, 6.07) is 4.31. The fourth-order valence-electron chi connectivity index (χ4n) is 1.98. The molecule has 5 heteroatoms. The first-order valence-corrected chi connectivity index (χ1v) is 7.62. The maximum Gasteiger partial charge on any atom is 0.254 e. The third-order valence-electron chi connectivity index (χ3n) is 2.95. The number of benzene rings is 1. The Morgan fingerprint density at radius 3 is 2.94 bits per heavy atom. The van der Waals surface area contributed by atoms with Crippen LogP contribution in [0.1, 0.15) is 16.8 Å². The first-order chi connectivity index (χ1) is 8.11. The first kappa shape index (κ1) is 13.3. The van der Waals surface area contributed by atoms with Crippen molar-refractivity contribution in [3.63, 3.8) is 0 Å². The molecular formula is C12H12BrFINO. The summed E-state index contributed by atoms with van der Waals surface area (Å²) in [5.74, 6) is 0.251. The molecule has 0 spiro atoms. The monoisotopic (exact) mass is 411 g/mol. The molecule has 1 fully saturated rings. The number of likely N-dealkylation sites (tertiary alicyclic amines) is 1. The Morgan fingerprint density at radius 2 is 2.35 bits per heavy atom. The average Bonchev–Trinajstić information content (AvgIpc) is 2.76. The summed E-state index contributed by atoms with van der Waals surface area (Å²) < 4.78 is 13.6. The summed E-state index contributed by atoms with van der Waals surface area (Å²) in [7, 11) is 0. The molecule has 0 aromatic heterocycles. The van der Waals surface area contributed by atoms with Crippen LogP contribution < -0.4 is 0 Å². The quantitative estimate of drug-likeness (QED) is 0.540. The highest BCUT2D eigenvalue weighted by Crippen LogP contribution is 2.22. The van der Waals surface area contributed by atoms with Gasteiger partial charge in [-0.05, 0) is 53.1 Å². The minimum Gasteiger partial charge on any atom is -0.338 e. The molecule has 0 N–H and O–H groups in total. The van der Waals surface area contributed by atoms with Gasteiger partial charge in [-0.25, -0.2) is 4.39 Å². The molecule has 0 saturated carbocycles. The summed E-state index contributed by atoms with van der Waals surface area (Å²) in [4.78, 5) is 14.1. The van der Waals surface area contributed by atoms with Gasteiger partial charge in [0.05, 0.1) is 5.56 Å². The molecule has 1 unspecified atom stereocenters. The summed E-state index contributed by atoms with van der Waals surface area (Å²) >= 11 is 5.45. The molecule has 1 aromatic carbocycles. The third kappa shape index (κ3) is 2.99. The molecule has 0 bridgehead atoms. The van der Waals surface area contributed by atoms with Gasteiger partial charge in [0.2, 0.25) is 0 Å². The number of carbonyl (C=O) groups is 1. The van der Waals surface area contributed by atoms with Crippen LogP contribution in [0.5, 0.6) is 0 Å². The van der Waals surface area contributed by atoms with E-state index in [1.807, 2.05) is 27.5 Å². The van der Waals surface area contributed by atoms with Gasteiger partial charge in [0, 0.05) is 22.0 Å². The molecule has 17 heavy (non-hydrogen) atoms. The van der Waals surface area contributed by atoms with E-state index < -0.39 is 0 Å². The highest BCUT2D eigenvalue weighted by atomic mass is 127. The van der Waals surface area contributed by atoms with E-state index in [2.05, 4.69) is 15.9 Å². The first-order valence-electron chi connectivity index (χ1n) is 5.42. The van der Waals surface area contributed by atoms with Gasteiger partial charge >= 0.3 is 0 Å². The summed E-state index contributed by atoms with van der Waals surface area (Å²) in [6.45, 7) is 1.58. The van der Waals surface area contributed by atoms with Gasteiger partial charge in [-0.2, -0.15) is 0 Å². The number of nitrogens with zero attached hydrogens (tertiary/aromatic N) is 1. The predicted octanol–water partition coefficient (Wildman–Crippen LogP) is 3.29. The van der Waals surface area contributed by atoms with Crippen LogP contribution in [0.2, 0.25) is 0 Å². The van der Waals surface area contributed by atoms with Crippen molar-refractivity contribution in [3.05, 3.63) is 33.1 Å². The third-order valence-corrected chi connectivity index (χ3v) is 4.76. The molecule has 1 aromatic rings. The minimum absolute atomic E-state index is 0.0119. The lowest BCUT2D eigenvalue weighted by molar-refractivity contribution is 0.0787. The molecule has 1 aliphatic rings. The number of hydrogen-bond donors (Lipinski definition) is 0. The van der Waals surface area contributed by atoms with Crippen molar-refractivity contribution in [2.75, 3.05) is 18.4 Å². The fraction of sp³-hybridized carbons (Fsp3) is 0.417. The summed E-state index contributed by atoms with van der Waals surface area (Å²) in [6.07, 6.45) is 1.04. The average molecular weight is 412 g/mol. The normalized spacial score (nSPS) is 19.7. The lowest BCUT2D eigenvalue weighted by atomic mass is 10.2. The summed E-state index contributed by atoms with van der Waals surface area (Å²) in [5, 5.41) is 0.928. The Hall–Kier alpha value is -0.170. The standard InChI is InChI=1S/C12H12BrFINO/c13-6-8-3-4-16(7-8)12(17)10-2-1-9(14)5-11(10)15/h1-2,5,8H,3-4,6-7H2. The molecule has 0 aliphatic carbocycles. The second-order valence-corrected chi connectivity index (χ2v) is 5.99. The van der Waals surface area contributed by atoms with Crippen molar-refractivity contribution in [1.82, 2.24) is 4.90 Å². The van der Waals surface area contributed by atoms with E-state index in [1.54, 1.807) is 6.07 Å². The van der Waals surface area contributed by atoms with E-state index >= 15 is 0 Å². The fourth-order valence-corrected chi connectivity index (χ4v) is 3.21. The van der Waals surface area contributed by atoms with Crippen LogP contribution >= 0.6 is 38.5 Å². The zero-order valence-corrected chi connectivity index (χ0v) is 12.9. The number of carbonyl (C=O) groups excluding carboxylic acids is 1. The number of hydrogen-bond acceptors (Lipinski definition) is 1. The van der Waals surface area contributed by atoms with Crippen molar-refractivity contribution < 1.29 is 9.18 Å². The number of halogens is 3. The van der Waals surface area contributed by atoms with Crippen LogP contribution in [0.3, 0.4) is 0 Å². The zero-order chi connectivity index (χ0) is 12.4. The lowest BCUT2D eigenvalue weighted by Crippen LogP contribution is -2.29. The molecule has 1 heterocycles. The Morgan fingerprint density at radius 1 is 1.59 bits per heavy atom. The van der Waals surface area contributed by atoms with Crippen LogP contribution in [0.4, 0.5) is 4.39 Å². The van der Waals surface area contributed by atoms with Crippen molar-refractivity contribution >= 4 is 44.4 Å². The van der Waals surface area contributed by atoms with Crippen LogP contribution in [0.15, 0.2) is 18.2 Å². The number of rotatable bonds is 2. The largest absolute Gasteiger partial charge is 0.338 e. The van der Waals surface area contributed by atoms with E-state index in [4.69, 9.17) is 0 Å². The molecule has 2 rings (SSSR count). The van der Waals surface area contributed by atoms with E-state index in [0.29, 0.717) is 15.1 Å². The Bertz CT molecular complexity index is 441. The Kier molecular flexibility index (Phi) is 4.41. The Balaban J connectivity index is 2.15. The van der Waals surface area contributed by atoms with Gasteiger partial charge in [0.15, 0.2) is 0 Å². The van der Waals surface area contributed by atoms with Gasteiger partial charge in [-0.1, -0.05) is 15.9 Å². The summed E-state index contributed by atoms with van der Waals surface area (Å²) in [5.41, 5.74) is 0.599. The number of amides is 1. The van der Waals surface area contributed by atoms with Crippen molar-refractivity contribution in [3.8, 4) is 0 Å². The maximum atomic E-state index is 13.0. The minimum atomic E-state index is -0.300. The molecule has 1 atom stereocenters. The molecule has 0 radical (unpaired) electrons. The van der Waals surface area contributed by atoms with Crippen molar-refractivity contribution in [1.29, 1.82) is 0 Å². The van der Waals surface area contributed by atoms with Gasteiger partial charge < -0.3 is 4.90 Å². The van der Waals surface area contributed by atoms with E-state index in [1.165, 1.54) is 12.1 Å². The van der Waals surface area contributed by atoms with Gasteiger partial charge in [0.25, 0.3) is 5.91 Å². The smallest absolute Gasteiger partial charge is 0.254 e. The lowest BCUT2D eigenvalue weighted by Gasteiger charge is -2.17. The van der Waals surface area contributed by atoms with Gasteiger partial charge in [0.1, 0.15) is 5.82 Å². The highest BCUT2D eigenvalue weighted by Gasteiger charge is 2.27. The van der Waals surface area contributed by atoms with Crippen molar-refractivity contribution in [2.24, 2.45) is 5.92 Å². The second kappa shape index (κ2) is 5.65. The van der Waals surface area contributed by atoms with Crippen LogP contribution in [-0.2, 0) is 0 Å². The maximum absolute atomic E-state index is 13.0.